The lowest BCUT2D eigenvalue weighted by Crippen LogP contribution is -2.43. The molecule has 14 heavy (non-hydrogen) atoms. The maximum absolute atomic E-state index is 3.41. The molecule has 1 saturated heterocycles. The Morgan fingerprint density at radius 1 is 1.36 bits per heavy atom. The van der Waals surface area contributed by atoms with Crippen molar-refractivity contribution in [3.63, 3.8) is 0 Å². The zero-order valence-corrected chi connectivity index (χ0v) is 9.47. The van der Waals surface area contributed by atoms with E-state index in [2.05, 4.69) is 29.0 Å². The summed E-state index contributed by atoms with van der Waals surface area (Å²) in [7, 11) is 0. The Morgan fingerprint density at radius 2 is 2.07 bits per heavy atom. The highest BCUT2D eigenvalue weighted by molar-refractivity contribution is 4.95. The van der Waals surface area contributed by atoms with Gasteiger partial charge in [-0.25, -0.2) is 0 Å². The van der Waals surface area contributed by atoms with Crippen LogP contribution in [-0.2, 0) is 0 Å². The molecule has 0 atom stereocenters. The molecular formula is C12H22N2. The highest BCUT2D eigenvalue weighted by Crippen LogP contribution is 2.11. The Hall–Kier alpha value is -0.520. The standard InChI is InChI=1S/C12H22N2/c1-3-5-6-11-14(4-2)12-7-9-13-10-8-12/h12-13H,4,6-11H2,1-2H3. The molecule has 0 radical (unpaired) electrons. The Bertz CT molecular complexity index is 196. The van der Waals surface area contributed by atoms with Gasteiger partial charge in [0.05, 0.1) is 0 Å². The smallest absolute Gasteiger partial charge is 0.0217 e. The van der Waals surface area contributed by atoms with Gasteiger partial charge >= 0.3 is 0 Å². The fourth-order valence-electron chi connectivity index (χ4n) is 2.10. The van der Waals surface area contributed by atoms with E-state index in [-0.39, 0.29) is 0 Å². The molecular weight excluding hydrogens is 172 g/mol. The molecule has 0 unspecified atom stereocenters. The third-order valence-electron chi connectivity index (χ3n) is 2.93. The molecule has 0 aromatic carbocycles. The van der Waals surface area contributed by atoms with Crippen molar-refractivity contribution in [3.8, 4) is 11.8 Å². The van der Waals surface area contributed by atoms with Crippen LogP contribution in [0.25, 0.3) is 0 Å². The fourth-order valence-corrected chi connectivity index (χ4v) is 2.10. The fraction of sp³-hybridized carbons (Fsp3) is 0.833. The summed E-state index contributed by atoms with van der Waals surface area (Å²) in [5.41, 5.74) is 0. The number of piperidine rings is 1. The van der Waals surface area contributed by atoms with Crippen molar-refractivity contribution < 1.29 is 0 Å². The Kier molecular flexibility index (Phi) is 5.66. The Labute approximate surface area is 88.1 Å². The molecule has 0 aromatic rings. The summed E-state index contributed by atoms with van der Waals surface area (Å²) in [6, 6.07) is 0.792. The van der Waals surface area contributed by atoms with Gasteiger partial charge in [0.1, 0.15) is 0 Å². The first kappa shape index (κ1) is 11.6. The summed E-state index contributed by atoms with van der Waals surface area (Å²) < 4.78 is 0. The van der Waals surface area contributed by atoms with Crippen molar-refractivity contribution in [2.75, 3.05) is 26.2 Å². The molecule has 0 saturated carbocycles. The molecule has 0 bridgehead atoms. The van der Waals surface area contributed by atoms with E-state index >= 15 is 0 Å². The molecule has 2 nitrogen and oxygen atoms in total. The van der Waals surface area contributed by atoms with E-state index in [4.69, 9.17) is 0 Å². The SMILES string of the molecule is CC#CCCN(CC)C1CCNCC1. The summed E-state index contributed by atoms with van der Waals surface area (Å²) in [6.07, 6.45) is 3.62. The lowest BCUT2D eigenvalue weighted by molar-refractivity contribution is 0.174. The van der Waals surface area contributed by atoms with Gasteiger partial charge in [-0.15, -0.1) is 11.8 Å². The molecule has 0 aromatic heterocycles. The molecule has 1 aliphatic rings. The first-order valence-electron chi connectivity index (χ1n) is 5.72. The van der Waals surface area contributed by atoms with Gasteiger partial charge < -0.3 is 5.32 Å². The van der Waals surface area contributed by atoms with Crippen LogP contribution in [0, 0.1) is 11.8 Å². The van der Waals surface area contributed by atoms with Crippen LogP contribution in [0.2, 0.25) is 0 Å². The third kappa shape index (κ3) is 3.69. The van der Waals surface area contributed by atoms with Crippen molar-refractivity contribution in [3.05, 3.63) is 0 Å². The van der Waals surface area contributed by atoms with Gasteiger partial charge in [-0.05, 0) is 39.4 Å². The van der Waals surface area contributed by atoms with Crippen LogP contribution < -0.4 is 5.32 Å². The molecule has 1 heterocycles. The highest BCUT2D eigenvalue weighted by atomic mass is 15.2. The van der Waals surface area contributed by atoms with Gasteiger partial charge in [0, 0.05) is 19.0 Å². The van der Waals surface area contributed by atoms with Crippen molar-refractivity contribution in [1.82, 2.24) is 10.2 Å². The molecule has 0 aliphatic carbocycles. The average molecular weight is 194 g/mol. The lowest BCUT2D eigenvalue weighted by atomic mass is 10.0. The van der Waals surface area contributed by atoms with Crippen molar-refractivity contribution >= 4 is 0 Å². The van der Waals surface area contributed by atoms with Crippen LogP contribution in [0.4, 0.5) is 0 Å². The monoisotopic (exact) mass is 194 g/mol. The van der Waals surface area contributed by atoms with Gasteiger partial charge in [-0.1, -0.05) is 6.92 Å². The van der Waals surface area contributed by atoms with Crippen LogP contribution in [0.15, 0.2) is 0 Å². The van der Waals surface area contributed by atoms with Crippen molar-refractivity contribution in [2.24, 2.45) is 0 Å². The summed E-state index contributed by atoms with van der Waals surface area (Å²) >= 11 is 0. The van der Waals surface area contributed by atoms with Gasteiger partial charge in [0.2, 0.25) is 0 Å². The zero-order valence-electron chi connectivity index (χ0n) is 9.47. The minimum Gasteiger partial charge on any atom is -0.317 e. The van der Waals surface area contributed by atoms with Gasteiger partial charge in [0.25, 0.3) is 0 Å². The van der Waals surface area contributed by atoms with Crippen LogP contribution in [0.5, 0.6) is 0 Å². The average Bonchev–Trinajstić information content (AvgIpc) is 2.26. The second kappa shape index (κ2) is 6.86. The second-order valence-electron chi connectivity index (χ2n) is 3.79. The Balaban J connectivity index is 2.30. The molecule has 2 heteroatoms. The minimum atomic E-state index is 0.792. The minimum absolute atomic E-state index is 0.792. The maximum atomic E-state index is 3.41. The molecule has 1 rings (SSSR count). The predicted molar refractivity (Wildman–Crippen MR) is 61.2 cm³/mol. The first-order valence-corrected chi connectivity index (χ1v) is 5.72. The molecule has 0 spiro atoms. The second-order valence-corrected chi connectivity index (χ2v) is 3.79. The van der Waals surface area contributed by atoms with Gasteiger partial charge in [0.15, 0.2) is 0 Å². The van der Waals surface area contributed by atoms with Crippen molar-refractivity contribution in [2.45, 2.75) is 39.2 Å². The van der Waals surface area contributed by atoms with E-state index in [0.717, 1.165) is 25.6 Å². The summed E-state index contributed by atoms with van der Waals surface area (Å²) in [6.45, 7) is 8.83. The maximum Gasteiger partial charge on any atom is 0.0217 e. The van der Waals surface area contributed by atoms with E-state index in [1.54, 1.807) is 0 Å². The lowest BCUT2D eigenvalue weighted by Gasteiger charge is -2.33. The van der Waals surface area contributed by atoms with E-state index in [1.807, 2.05) is 6.92 Å². The summed E-state index contributed by atoms with van der Waals surface area (Å²) in [5.74, 6) is 6.11. The summed E-state index contributed by atoms with van der Waals surface area (Å²) in [4.78, 5) is 2.57. The van der Waals surface area contributed by atoms with Crippen LogP contribution in [-0.4, -0.2) is 37.1 Å². The quantitative estimate of drug-likeness (QED) is 0.682. The molecule has 0 amide bonds. The predicted octanol–water partition coefficient (Wildman–Crippen LogP) is 1.47. The number of rotatable bonds is 4. The molecule has 1 aliphatic heterocycles. The van der Waals surface area contributed by atoms with Crippen LogP contribution >= 0.6 is 0 Å². The number of nitrogens with zero attached hydrogens (tertiary/aromatic N) is 1. The van der Waals surface area contributed by atoms with Gasteiger partial charge in [-0.2, -0.15) is 0 Å². The third-order valence-corrected chi connectivity index (χ3v) is 2.93. The molecule has 80 valence electrons. The highest BCUT2D eigenvalue weighted by Gasteiger charge is 2.18. The number of nitrogens with one attached hydrogen (secondary N) is 1. The molecule has 1 fully saturated rings. The van der Waals surface area contributed by atoms with E-state index in [9.17, 15) is 0 Å². The van der Waals surface area contributed by atoms with Crippen LogP contribution in [0.1, 0.15) is 33.1 Å². The van der Waals surface area contributed by atoms with Gasteiger partial charge in [-0.3, -0.25) is 4.90 Å². The van der Waals surface area contributed by atoms with Crippen molar-refractivity contribution in [1.29, 1.82) is 0 Å². The number of hydrogen-bond acceptors (Lipinski definition) is 2. The zero-order chi connectivity index (χ0) is 10.2. The topological polar surface area (TPSA) is 15.3 Å². The molecule has 1 N–H and O–H groups in total. The number of hydrogen-bond donors (Lipinski definition) is 1. The van der Waals surface area contributed by atoms with E-state index in [1.165, 1.54) is 25.9 Å². The normalized spacial score (nSPS) is 17.9. The Morgan fingerprint density at radius 3 is 2.64 bits per heavy atom. The first-order chi connectivity index (χ1) is 6.88. The van der Waals surface area contributed by atoms with Crippen LogP contribution in [0.3, 0.4) is 0 Å². The summed E-state index contributed by atoms with van der Waals surface area (Å²) in [5, 5.41) is 3.41. The van der Waals surface area contributed by atoms with E-state index < -0.39 is 0 Å². The van der Waals surface area contributed by atoms with E-state index in [0.29, 0.717) is 0 Å². The largest absolute Gasteiger partial charge is 0.317 e.